The highest BCUT2D eigenvalue weighted by atomic mass is 16.7. The van der Waals surface area contributed by atoms with Crippen LogP contribution in [0.4, 0.5) is 0 Å². The Morgan fingerprint density at radius 2 is 1.77 bits per heavy atom. The van der Waals surface area contributed by atoms with Crippen LogP contribution in [0.2, 0.25) is 0 Å². The Balaban J connectivity index is 1.77. The Morgan fingerprint density at radius 3 is 2.35 bits per heavy atom. The SMILES string of the molecule is COC12CC[C@H](CCOC(=O)C(C)(C)C)O[C@@H]1[C@@H](OC(C)=O)[C@@H]1O[C@H](CC(CCC(=O)O)CC(=O)O)[C@H](O)[C@@H]1O2. The van der Waals surface area contributed by atoms with Gasteiger partial charge in [-0.25, -0.2) is 0 Å². The molecule has 13 nitrogen and oxygen atoms in total. The lowest BCUT2D eigenvalue weighted by Gasteiger charge is -2.53. The summed E-state index contributed by atoms with van der Waals surface area (Å²) in [5.74, 6) is -5.02. The van der Waals surface area contributed by atoms with Gasteiger partial charge in [-0.05, 0) is 46.0 Å². The predicted octanol–water partition coefficient (Wildman–Crippen LogP) is 1.66. The molecule has 0 radical (unpaired) electrons. The first-order valence-electron chi connectivity index (χ1n) is 13.7. The number of carboxylic acids is 2. The molecule has 228 valence electrons. The normalized spacial score (nSPS) is 34.3. The van der Waals surface area contributed by atoms with Crippen molar-refractivity contribution in [2.75, 3.05) is 13.7 Å². The van der Waals surface area contributed by atoms with Crippen molar-refractivity contribution in [2.45, 2.75) is 121 Å². The van der Waals surface area contributed by atoms with Crippen LogP contribution in [0, 0.1) is 11.3 Å². The van der Waals surface area contributed by atoms with E-state index in [0.29, 0.717) is 19.3 Å². The number of hydrogen-bond acceptors (Lipinski definition) is 11. The van der Waals surface area contributed by atoms with Gasteiger partial charge in [-0.15, -0.1) is 0 Å². The minimum absolute atomic E-state index is 0.0666. The number of carbonyl (C=O) groups excluding carboxylic acids is 2. The highest BCUT2D eigenvalue weighted by Gasteiger charge is 2.65. The Labute approximate surface area is 233 Å². The van der Waals surface area contributed by atoms with Gasteiger partial charge in [0.2, 0.25) is 0 Å². The minimum Gasteiger partial charge on any atom is -0.481 e. The molecule has 13 heteroatoms. The van der Waals surface area contributed by atoms with Crippen LogP contribution < -0.4 is 0 Å². The van der Waals surface area contributed by atoms with Gasteiger partial charge in [0.15, 0.2) is 18.0 Å². The zero-order valence-electron chi connectivity index (χ0n) is 23.7. The van der Waals surface area contributed by atoms with E-state index in [0.717, 1.165) is 0 Å². The Morgan fingerprint density at radius 1 is 1.07 bits per heavy atom. The molecule has 3 heterocycles. The van der Waals surface area contributed by atoms with Gasteiger partial charge < -0.3 is 43.7 Å². The maximum atomic E-state index is 12.1. The van der Waals surface area contributed by atoms with Crippen molar-refractivity contribution in [1.29, 1.82) is 0 Å². The van der Waals surface area contributed by atoms with E-state index in [4.69, 9.17) is 33.5 Å². The summed E-state index contributed by atoms with van der Waals surface area (Å²) in [5, 5.41) is 29.5. The topological polar surface area (TPSA) is 184 Å². The second kappa shape index (κ2) is 13.1. The number of ether oxygens (including phenoxy) is 6. The molecular formula is C27H42O13. The van der Waals surface area contributed by atoms with Crippen molar-refractivity contribution in [3.05, 3.63) is 0 Å². The highest BCUT2D eigenvalue weighted by molar-refractivity contribution is 5.75. The summed E-state index contributed by atoms with van der Waals surface area (Å²) in [6.45, 7) is 6.66. The maximum Gasteiger partial charge on any atom is 0.311 e. The molecule has 0 saturated carbocycles. The molecule has 0 aromatic rings. The van der Waals surface area contributed by atoms with Crippen molar-refractivity contribution in [3.63, 3.8) is 0 Å². The second-order valence-electron chi connectivity index (χ2n) is 11.8. The molecule has 0 spiro atoms. The zero-order chi connectivity index (χ0) is 29.8. The molecular weight excluding hydrogens is 532 g/mol. The van der Waals surface area contributed by atoms with E-state index in [9.17, 15) is 29.4 Å². The number of aliphatic carboxylic acids is 2. The molecule has 9 atom stereocenters. The third-order valence-corrected chi connectivity index (χ3v) is 7.65. The fourth-order valence-corrected chi connectivity index (χ4v) is 5.61. The van der Waals surface area contributed by atoms with Crippen LogP contribution in [0.1, 0.15) is 72.6 Å². The van der Waals surface area contributed by atoms with Crippen molar-refractivity contribution >= 4 is 23.9 Å². The minimum atomic E-state index is -1.36. The largest absolute Gasteiger partial charge is 0.481 e. The summed E-state index contributed by atoms with van der Waals surface area (Å²) in [6.07, 6.45) is -5.48. The van der Waals surface area contributed by atoms with Gasteiger partial charge in [0.25, 0.3) is 0 Å². The molecule has 0 bridgehead atoms. The lowest BCUT2D eigenvalue weighted by atomic mass is 9.84. The van der Waals surface area contributed by atoms with Gasteiger partial charge in [-0.2, -0.15) is 0 Å². The summed E-state index contributed by atoms with van der Waals surface area (Å²) in [4.78, 5) is 46.7. The molecule has 3 aliphatic rings. The molecule has 3 fully saturated rings. The number of fused-ring (bicyclic) bond motifs is 2. The van der Waals surface area contributed by atoms with Crippen LogP contribution in [0.5, 0.6) is 0 Å². The van der Waals surface area contributed by atoms with Gasteiger partial charge >= 0.3 is 23.9 Å². The van der Waals surface area contributed by atoms with Crippen molar-refractivity contribution in [1.82, 2.24) is 0 Å². The Kier molecular flexibility index (Phi) is 10.6. The highest BCUT2D eigenvalue weighted by Crippen LogP contribution is 2.47. The summed E-state index contributed by atoms with van der Waals surface area (Å²) in [6, 6.07) is 0. The number of aliphatic hydroxyl groups excluding tert-OH is 1. The van der Waals surface area contributed by atoms with Crippen molar-refractivity contribution in [3.8, 4) is 0 Å². The number of hydrogen-bond donors (Lipinski definition) is 3. The molecule has 0 aromatic carbocycles. The first-order valence-corrected chi connectivity index (χ1v) is 13.7. The van der Waals surface area contributed by atoms with E-state index in [1.54, 1.807) is 20.8 Å². The lowest BCUT2D eigenvalue weighted by Crippen LogP contribution is -2.69. The van der Waals surface area contributed by atoms with E-state index in [1.165, 1.54) is 14.0 Å². The molecule has 3 saturated heterocycles. The molecule has 0 aromatic heterocycles. The van der Waals surface area contributed by atoms with Crippen LogP contribution >= 0.6 is 0 Å². The molecule has 2 unspecified atom stereocenters. The molecule has 0 amide bonds. The third kappa shape index (κ3) is 7.69. The van der Waals surface area contributed by atoms with Gasteiger partial charge in [0.05, 0.1) is 24.2 Å². The number of rotatable bonds is 12. The average molecular weight is 575 g/mol. The molecule has 3 aliphatic heterocycles. The van der Waals surface area contributed by atoms with Gasteiger partial charge in [0.1, 0.15) is 18.3 Å². The smallest absolute Gasteiger partial charge is 0.311 e. The van der Waals surface area contributed by atoms with E-state index in [2.05, 4.69) is 0 Å². The summed E-state index contributed by atoms with van der Waals surface area (Å²) in [5.41, 5.74) is -0.639. The summed E-state index contributed by atoms with van der Waals surface area (Å²) in [7, 11) is 1.43. The molecule has 40 heavy (non-hydrogen) atoms. The van der Waals surface area contributed by atoms with Crippen molar-refractivity contribution < 1.29 is 62.9 Å². The maximum absolute atomic E-state index is 12.1. The quantitative estimate of drug-likeness (QED) is 0.286. The summed E-state index contributed by atoms with van der Waals surface area (Å²) >= 11 is 0. The van der Waals surface area contributed by atoms with Crippen LogP contribution in [-0.4, -0.2) is 101 Å². The fourth-order valence-electron chi connectivity index (χ4n) is 5.61. The number of aliphatic hydroxyl groups is 1. The Bertz CT molecular complexity index is 930. The van der Waals surface area contributed by atoms with Crippen LogP contribution in [-0.2, 0) is 47.6 Å². The average Bonchev–Trinajstić information content (AvgIpc) is 3.16. The molecule has 0 aliphatic carbocycles. The first-order chi connectivity index (χ1) is 18.7. The molecule has 3 rings (SSSR count). The van der Waals surface area contributed by atoms with Gasteiger partial charge in [-0.3, -0.25) is 19.2 Å². The number of carbonyl (C=O) groups is 4. The second-order valence-corrected chi connectivity index (χ2v) is 11.8. The third-order valence-electron chi connectivity index (χ3n) is 7.65. The fraction of sp³-hybridized carbons (Fsp3) is 0.852. The van der Waals surface area contributed by atoms with Crippen LogP contribution in [0.15, 0.2) is 0 Å². The first kappa shape index (κ1) is 32.2. The number of esters is 2. The van der Waals surface area contributed by atoms with E-state index >= 15 is 0 Å². The van der Waals surface area contributed by atoms with E-state index in [1.807, 2.05) is 0 Å². The number of methoxy groups -OCH3 is 1. The van der Waals surface area contributed by atoms with Crippen LogP contribution in [0.25, 0.3) is 0 Å². The monoisotopic (exact) mass is 574 g/mol. The van der Waals surface area contributed by atoms with E-state index < -0.39 is 71.7 Å². The standard InChI is InChI=1S/C27H42O13/c1-14(28)37-23-22-21(20(33)17(39-22)12-15(13-19(31)32)6-7-18(29)30)40-27(35-5)10-8-16(38-24(23)27)9-11-36-25(34)26(2,3)4/h15-17,20-24,33H,6-13H2,1-5H3,(H,29,30)(H,31,32)/t15?,16-,17-,20+,21+,22-,23+,24-,27?/m1/s1. The number of carboxylic acid groups (broad SMARTS) is 2. The zero-order valence-corrected chi connectivity index (χ0v) is 23.7. The van der Waals surface area contributed by atoms with E-state index in [-0.39, 0.29) is 44.4 Å². The molecule has 3 N–H and O–H groups in total. The van der Waals surface area contributed by atoms with Gasteiger partial charge in [0, 0.05) is 39.7 Å². The predicted molar refractivity (Wildman–Crippen MR) is 135 cm³/mol. The van der Waals surface area contributed by atoms with Crippen molar-refractivity contribution in [2.24, 2.45) is 11.3 Å². The van der Waals surface area contributed by atoms with Gasteiger partial charge in [-0.1, -0.05) is 0 Å². The summed E-state index contributed by atoms with van der Waals surface area (Å²) < 4.78 is 35.6. The Hall–Kier alpha value is -2.32. The van der Waals surface area contributed by atoms with Crippen LogP contribution in [0.3, 0.4) is 0 Å². The lowest BCUT2D eigenvalue weighted by molar-refractivity contribution is -0.382.